The van der Waals surface area contributed by atoms with Crippen LogP contribution in [0.4, 0.5) is 8.78 Å². The molecule has 1 N–H and O–H groups in total. The van der Waals surface area contributed by atoms with Crippen LogP contribution < -0.4 is 4.74 Å². The van der Waals surface area contributed by atoms with Crippen LogP contribution in [0.2, 0.25) is 0 Å². The standard InChI is InChI=1S/C17H17F2N3O2S/c1-9-4-5-20-12(6-9)8-25(23)17-21-13-7-10(2)15(24-16(18)19)11(3)14(13)22-17/h4-7,16H,8H2,1-3H3,(H,21,22). The number of aromatic amines is 1. The van der Waals surface area contributed by atoms with Gasteiger partial charge in [-0.25, -0.2) is 4.98 Å². The molecule has 0 aliphatic rings. The summed E-state index contributed by atoms with van der Waals surface area (Å²) in [5.74, 6) is 0.326. The Balaban J connectivity index is 1.95. The molecule has 5 nitrogen and oxygen atoms in total. The Morgan fingerprint density at radius 1 is 1.28 bits per heavy atom. The van der Waals surface area contributed by atoms with E-state index in [1.165, 1.54) is 0 Å². The summed E-state index contributed by atoms with van der Waals surface area (Å²) in [6.45, 7) is 2.36. The highest BCUT2D eigenvalue weighted by Gasteiger charge is 2.18. The highest BCUT2D eigenvalue weighted by atomic mass is 32.2. The van der Waals surface area contributed by atoms with E-state index in [2.05, 4.69) is 19.7 Å². The maximum Gasteiger partial charge on any atom is 0.387 e. The van der Waals surface area contributed by atoms with E-state index >= 15 is 0 Å². The predicted octanol–water partition coefficient (Wildman–Crippen LogP) is 3.79. The van der Waals surface area contributed by atoms with Crippen LogP contribution in [0.1, 0.15) is 22.4 Å². The summed E-state index contributed by atoms with van der Waals surface area (Å²) >= 11 is 0. The Kier molecular flexibility index (Phi) is 4.80. The van der Waals surface area contributed by atoms with E-state index in [-0.39, 0.29) is 16.7 Å². The Labute approximate surface area is 145 Å². The molecule has 0 bridgehead atoms. The molecule has 0 aliphatic heterocycles. The van der Waals surface area contributed by atoms with Crippen molar-refractivity contribution in [3.8, 4) is 5.75 Å². The highest BCUT2D eigenvalue weighted by molar-refractivity contribution is 7.84. The van der Waals surface area contributed by atoms with Gasteiger partial charge in [0.25, 0.3) is 0 Å². The van der Waals surface area contributed by atoms with Gasteiger partial charge in [-0.3, -0.25) is 9.19 Å². The molecule has 0 saturated heterocycles. The zero-order chi connectivity index (χ0) is 18.1. The molecule has 1 unspecified atom stereocenters. The number of alkyl halides is 2. The summed E-state index contributed by atoms with van der Waals surface area (Å²) < 4.78 is 42.3. The molecule has 0 amide bonds. The normalized spacial score (nSPS) is 12.7. The third kappa shape index (κ3) is 3.68. The molecule has 0 fully saturated rings. The van der Waals surface area contributed by atoms with Crippen molar-refractivity contribution in [2.75, 3.05) is 0 Å². The van der Waals surface area contributed by atoms with Crippen LogP contribution in [-0.4, -0.2) is 25.8 Å². The van der Waals surface area contributed by atoms with Crippen LogP contribution in [0.25, 0.3) is 11.0 Å². The van der Waals surface area contributed by atoms with E-state index in [0.717, 1.165) is 5.56 Å². The zero-order valence-electron chi connectivity index (χ0n) is 14.0. The number of nitrogens with zero attached hydrogens (tertiary/aromatic N) is 2. The van der Waals surface area contributed by atoms with Crippen LogP contribution in [0.3, 0.4) is 0 Å². The van der Waals surface area contributed by atoms with Crippen molar-refractivity contribution < 1.29 is 17.7 Å². The maximum atomic E-state index is 12.6. The Morgan fingerprint density at radius 3 is 2.72 bits per heavy atom. The molecule has 0 radical (unpaired) electrons. The number of rotatable bonds is 5. The van der Waals surface area contributed by atoms with E-state index in [1.54, 1.807) is 26.1 Å². The third-order valence-electron chi connectivity index (χ3n) is 3.80. The molecule has 25 heavy (non-hydrogen) atoms. The fourth-order valence-electron chi connectivity index (χ4n) is 2.70. The number of H-pyrrole nitrogens is 1. The van der Waals surface area contributed by atoms with Crippen molar-refractivity contribution in [3.05, 3.63) is 46.8 Å². The molecule has 1 atom stereocenters. The second-order valence-electron chi connectivity index (χ2n) is 5.78. The second kappa shape index (κ2) is 6.87. The van der Waals surface area contributed by atoms with Crippen LogP contribution in [0.5, 0.6) is 5.75 Å². The number of ether oxygens (including phenoxy) is 1. The molecule has 3 rings (SSSR count). The summed E-state index contributed by atoms with van der Waals surface area (Å²) in [4.78, 5) is 11.5. The molecule has 132 valence electrons. The number of imidazole rings is 1. The lowest BCUT2D eigenvalue weighted by molar-refractivity contribution is -0.0506. The number of nitrogens with one attached hydrogen (secondary N) is 1. The van der Waals surface area contributed by atoms with Gasteiger partial charge in [-0.1, -0.05) is 0 Å². The number of aryl methyl sites for hydroxylation is 3. The van der Waals surface area contributed by atoms with E-state index in [0.29, 0.717) is 27.9 Å². The van der Waals surface area contributed by atoms with Crippen molar-refractivity contribution in [2.24, 2.45) is 0 Å². The minimum Gasteiger partial charge on any atom is -0.434 e. The largest absolute Gasteiger partial charge is 0.434 e. The second-order valence-corrected chi connectivity index (χ2v) is 7.15. The Hall–Kier alpha value is -2.35. The number of hydrogen-bond acceptors (Lipinski definition) is 4. The predicted molar refractivity (Wildman–Crippen MR) is 91.3 cm³/mol. The fourth-order valence-corrected chi connectivity index (χ4v) is 3.68. The smallest absolute Gasteiger partial charge is 0.387 e. The van der Waals surface area contributed by atoms with E-state index in [4.69, 9.17) is 0 Å². The number of fused-ring (bicyclic) bond motifs is 1. The molecular weight excluding hydrogens is 348 g/mol. The molecule has 2 heterocycles. The van der Waals surface area contributed by atoms with Gasteiger partial charge in [-0.2, -0.15) is 8.78 Å². The lowest BCUT2D eigenvalue weighted by Crippen LogP contribution is -2.05. The molecule has 3 aromatic rings. The topological polar surface area (TPSA) is 67.9 Å². The van der Waals surface area contributed by atoms with Gasteiger partial charge in [-0.15, -0.1) is 0 Å². The lowest BCUT2D eigenvalue weighted by atomic mass is 10.1. The third-order valence-corrected chi connectivity index (χ3v) is 4.98. The molecule has 0 spiro atoms. The summed E-state index contributed by atoms with van der Waals surface area (Å²) in [5, 5.41) is 0.287. The van der Waals surface area contributed by atoms with Crippen molar-refractivity contribution in [3.63, 3.8) is 0 Å². The molecule has 2 aromatic heterocycles. The van der Waals surface area contributed by atoms with Crippen molar-refractivity contribution in [1.82, 2.24) is 15.0 Å². The fraction of sp³-hybridized carbons (Fsp3) is 0.294. The lowest BCUT2D eigenvalue weighted by Gasteiger charge is -2.11. The SMILES string of the molecule is Cc1ccnc(CS(=O)c2nc3c(C)c(OC(F)F)c(C)cc3[nH]2)c1. The average molecular weight is 365 g/mol. The van der Waals surface area contributed by atoms with Gasteiger partial charge in [0.2, 0.25) is 0 Å². The highest BCUT2D eigenvalue weighted by Crippen LogP contribution is 2.31. The minimum absolute atomic E-state index is 0.103. The van der Waals surface area contributed by atoms with Gasteiger partial charge in [0.05, 0.1) is 33.3 Å². The number of benzene rings is 1. The molecular formula is C17H17F2N3O2S. The zero-order valence-corrected chi connectivity index (χ0v) is 14.8. The monoisotopic (exact) mass is 365 g/mol. The first-order chi connectivity index (χ1) is 11.8. The van der Waals surface area contributed by atoms with Crippen LogP contribution >= 0.6 is 0 Å². The Morgan fingerprint density at radius 2 is 2.04 bits per heavy atom. The Bertz CT molecular complexity index is 956. The first-order valence-electron chi connectivity index (χ1n) is 7.60. The minimum atomic E-state index is -2.91. The van der Waals surface area contributed by atoms with Gasteiger partial charge in [-0.05, 0) is 50.1 Å². The summed E-state index contributed by atoms with van der Waals surface area (Å²) in [7, 11) is -1.43. The van der Waals surface area contributed by atoms with Gasteiger partial charge in [0.15, 0.2) is 5.16 Å². The summed E-state index contributed by atoms with van der Waals surface area (Å²) in [6.07, 6.45) is 1.67. The van der Waals surface area contributed by atoms with Crippen molar-refractivity contribution in [1.29, 1.82) is 0 Å². The van der Waals surface area contributed by atoms with E-state index in [1.807, 2.05) is 19.1 Å². The van der Waals surface area contributed by atoms with Gasteiger partial charge in [0.1, 0.15) is 5.75 Å². The number of halogens is 2. The first kappa shape index (κ1) is 17.5. The molecule has 0 saturated carbocycles. The average Bonchev–Trinajstić information content (AvgIpc) is 2.95. The first-order valence-corrected chi connectivity index (χ1v) is 8.91. The van der Waals surface area contributed by atoms with Crippen LogP contribution in [0, 0.1) is 20.8 Å². The van der Waals surface area contributed by atoms with Crippen LogP contribution in [0.15, 0.2) is 29.6 Å². The van der Waals surface area contributed by atoms with Crippen molar-refractivity contribution >= 4 is 21.8 Å². The van der Waals surface area contributed by atoms with Crippen LogP contribution in [-0.2, 0) is 16.6 Å². The number of pyridine rings is 1. The maximum absolute atomic E-state index is 12.6. The number of aromatic nitrogens is 3. The molecule has 1 aromatic carbocycles. The quantitative estimate of drug-likeness (QED) is 0.747. The van der Waals surface area contributed by atoms with Crippen molar-refractivity contribution in [2.45, 2.75) is 38.3 Å². The molecule has 8 heteroatoms. The van der Waals surface area contributed by atoms with E-state index in [9.17, 15) is 13.0 Å². The summed E-state index contributed by atoms with van der Waals surface area (Å²) in [6, 6.07) is 5.40. The summed E-state index contributed by atoms with van der Waals surface area (Å²) in [5.41, 5.74) is 3.90. The van der Waals surface area contributed by atoms with Gasteiger partial charge >= 0.3 is 6.61 Å². The number of hydrogen-bond donors (Lipinski definition) is 1. The van der Waals surface area contributed by atoms with E-state index < -0.39 is 17.4 Å². The molecule has 0 aliphatic carbocycles. The van der Waals surface area contributed by atoms with Gasteiger partial charge in [0, 0.05) is 11.8 Å². The van der Waals surface area contributed by atoms with Gasteiger partial charge < -0.3 is 9.72 Å².